The van der Waals surface area contributed by atoms with E-state index in [1.165, 1.54) is 9.75 Å². The molecule has 5 heteroatoms. The summed E-state index contributed by atoms with van der Waals surface area (Å²) in [5, 5.41) is 8.57. The number of carboxylic acid groups (broad SMARTS) is 1. The van der Waals surface area contributed by atoms with Crippen molar-refractivity contribution in [3.05, 3.63) is 20.3 Å². The fourth-order valence-corrected chi connectivity index (χ4v) is 2.83. The summed E-state index contributed by atoms with van der Waals surface area (Å²) in [5.74, 6) is -0.792. The standard InChI is InChI=1S/C9H12BrNO2S/c1-6-8(10)3-7(14-6)4-11(2)5-9(12)13/h3H,4-5H2,1-2H3,(H,12,13). The molecule has 0 unspecified atom stereocenters. The van der Waals surface area contributed by atoms with Gasteiger partial charge in [-0.05, 0) is 36.0 Å². The third-order valence-corrected chi connectivity index (χ3v) is 3.86. The number of halogens is 1. The third-order valence-electron chi connectivity index (χ3n) is 1.74. The van der Waals surface area contributed by atoms with Crippen molar-refractivity contribution in [3.8, 4) is 0 Å². The quantitative estimate of drug-likeness (QED) is 0.919. The van der Waals surface area contributed by atoms with E-state index in [0.29, 0.717) is 6.54 Å². The van der Waals surface area contributed by atoms with Gasteiger partial charge in [0.05, 0.1) is 6.54 Å². The Kier molecular flexibility index (Phi) is 4.10. The van der Waals surface area contributed by atoms with Gasteiger partial charge in [-0.1, -0.05) is 0 Å². The molecule has 0 aromatic carbocycles. The van der Waals surface area contributed by atoms with Crippen molar-refractivity contribution in [1.29, 1.82) is 0 Å². The van der Waals surface area contributed by atoms with E-state index in [0.717, 1.165) is 4.47 Å². The van der Waals surface area contributed by atoms with Crippen molar-refractivity contribution in [2.45, 2.75) is 13.5 Å². The van der Waals surface area contributed by atoms with E-state index in [4.69, 9.17) is 5.11 Å². The van der Waals surface area contributed by atoms with Gasteiger partial charge in [-0.25, -0.2) is 0 Å². The zero-order valence-electron chi connectivity index (χ0n) is 8.08. The van der Waals surface area contributed by atoms with Gasteiger partial charge in [0.1, 0.15) is 0 Å². The van der Waals surface area contributed by atoms with E-state index >= 15 is 0 Å². The molecule has 0 fully saturated rings. The average Bonchev–Trinajstić information content (AvgIpc) is 2.28. The van der Waals surface area contributed by atoms with Crippen LogP contribution in [0.4, 0.5) is 0 Å². The van der Waals surface area contributed by atoms with Crippen molar-refractivity contribution >= 4 is 33.2 Å². The minimum absolute atomic E-state index is 0.0779. The molecule has 0 aliphatic heterocycles. The maximum absolute atomic E-state index is 10.4. The van der Waals surface area contributed by atoms with Gasteiger partial charge in [-0.3, -0.25) is 9.69 Å². The van der Waals surface area contributed by atoms with Crippen LogP contribution in [0.2, 0.25) is 0 Å². The molecule has 0 saturated carbocycles. The van der Waals surface area contributed by atoms with Crippen LogP contribution < -0.4 is 0 Å². The Labute approximate surface area is 95.5 Å². The van der Waals surface area contributed by atoms with Crippen LogP contribution in [0.25, 0.3) is 0 Å². The van der Waals surface area contributed by atoms with E-state index < -0.39 is 5.97 Å². The van der Waals surface area contributed by atoms with Crippen molar-refractivity contribution in [2.75, 3.05) is 13.6 Å². The molecule has 0 atom stereocenters. The van der Waals surface area contributed by atoms with Gasteiger partial charge in [0.15, 0.2) is 0 Å². The molecular formula is C9H12BrNO2S. The van der Waals surface area contributed by atoms with Crippen LogP contribution in [-0.2, 0) is 11.3 Å². The van der Waals surface area contributed by atoms with Gasteiger partial charge >= 0.3 is 5.97 Å². The van der Waals surface area contributed by atoms with E-state index in [9.17, 15) is 4.79 Å². The average molecular weight is 278 g/mol. The molecule has 3 nitrogen and oxygen atoms in total. The lowest BCUT2D eigenvalue weighted by atomic mass is 10.4. The first-order valence-corrected chi connectivity index (χ1v) is 5.75. The van der Waals surface area contributed by atoms with Crippen molar-refractivity contribution < 1.29 is 9.90 Å². The Morgan fingerprint density at radius 3 is 2.79 bits per heavy atom. The topological polar surface area (TPSA) is 40.5 Å². The van der Waals surface area contributed by atoms with Crippen LogP contribution in [0.15, 0.2) is 10.5 Å². The van der Waals surface area contributed by atoms with Gasteiger partial charge in [0.25, 0.3) is 0 Å². The van der Waals surface area contributed by atoms with Crippen LogP contribution >= 0.6 is 27.3 Å². The van der Waals surface area contributed by atoms with Crippen LogP contribution in [0.1, 0.15) is 9.75 Å². The first-order valence-electron chi connectivity index (χ1n) is 4.14. The molecule has 0 bridgehead atoms. The number of hydrogen-bond donors (Lipinski definition) is 1. The van der Waals surface area contributed by atoms with Crippen LogP contribution in [0.5, 0.6) is 0 Å². The maximum atomic E-state index is 10.4. The van der Waals surface area contributed by atoms with Crippen LogP contribution in [-0.4, -0.2) is 29.6 Å². The number of likely N-dealkylation sites (N-methyl/N-ethyl adjacent to an activating group) is 1. The van der Waals surface area contributed by atoms with Crippen molar-refractivity contribution in [2.24, 2.45) is 0 Å². The Bertz CT molecular complexity index is 318. The van der Waals surface area contributed by atoms with Gasteiger partial charge in [0.2, 0.25) is 0 Å². The normalized spacial score (nSPS) is 10.9. The minimum atomic E-state index is -0.792. The SMILES string of the molecule is Cc1sc(CN(C)CC(=O)O)cc1Br. The minimum Gasteiger partial charge on any atom is -0.480 e. The Balaban J connectivity index is 2.56. The number of carbonyl (C=O) groups is 1. The molecule has 0 radical (unpaired) electrons. The summed E-state index contributed by atoms with van der Waals surface area (Å²) < 4.78 is 1.10. The third kappa shape index (κ3) is 3.40. The number of rotatable bonds is 4. The van der Waals surface area contributed by atoms with Gasteiger partial charge in [0, 0.05) is 20.8 Å². The van der Waals surface area contributed by atoms with Gasteiger partial charge in [-0.15, -0.1) is 11.3 Å². The lowest BCUT2D eigenvalue weighted by molar-refractivity contribution is -0.138. The fourth-order valence-electron chi connectivity index (χ4n) is 1.15. The highest BCUT2D eigenvalue weighted by atomic mass is 79.9. The Morgan fingerprint density at radius 1 is 1.71 bits per heavy atom. The predicted molar refractivity (Wildman–Crippen MR) is 60.7 cm³/mol. The summed E-state index contributed by atoms with van der Waals surface area (Å²) >= 11 is 5.12. The highest BCUT2D eigenvalue weighted by molar-refractivity contribution is 9.10. The molecule has 0 aliphatic rings. The molecular weight excluding hydrogens is 266 g/mol. The smallest absolute Gasteiger partial charge is 0.317 e. The second kappa shape index (κ2) is 4.91. The van der Waals surface area contributed by atoms with Crippen LogP contribution in [0.3, 0.4) is 0 Å². The monoisotopic (exact) mass is 277 g/mol. The largest absolute Gasteiger partial charge is 0.480 e. The summed E-state index contributed by atoms with van der Waals surface area (Å²) in [4.78, 5) is 14.6. The van der Waals surface area contributed by atoms with Crippen molar-refractivity contribution in [1.82, 2.24) is 4.90 Å². The Hall–Kier alpha value is -0.390. The summed E-state index contributed by atoms with van der Waals surface area (Å²) in [5.41, 5.74) is 0. The zero-order chi connectivity index (χ0) is 10.7. The molecule has 14 heavy (non-hydrogen) atoms. The van der Waals surface area contributed by atoms with E-state index in [1.54, 1.807) is 23.3 Å². The Morgan fingerprint density at radius 2 is 2.36 bits per heavy atom. The molecule has 1 aromatic heterocycles. The molecule has 1 N–H and O–H groups in total. The van der Waals surface area contributed by atoms with Gasteiger partial charge < -0.3 is 5.11 Å². The number of hydrogen-bond acceptors (Lipinski definition) is 3. The summed E-state index contributed by atoms with van der Waals surface area (Å²) in [7, 11) is 1.80. The second-order valence-corrected chi connectivity index (χ2v) is 5.38. The van der Waals surface area contributed by atoms with Gasteiger partial charge in [-0.2, -0.15) is 0 Å². The van der Waals surface area contributed by atoms with Crippen LogP contribution in [0, 0.1) is 6.92 Å². The lowest BCUT2D eigenvalue weighted by Gasteiger charge is -2.11. The molecule has 0 amide bonds. The summed E-state index contributed by atoms with van der Waals surface area (Å²) in [6.45, 7) is 2.80. The van der Waals surface area contributed by atoms with Crippen molar-refractivity contribution in [3.63, 3.8) is 0 Å². The molecule has 0 aliphatic carbocycles. The molecule has 1 rings (SSSR count). The highest BCUT2D eigenvalue weighted by Crippen LogP contribution is 2.26. The van der Waals surface area contributed by atoms with E-state index in [1.807, 2.05) is 13.0 Å². The predicted octanol–water partition coefficient (Wildman–Crippen LogP) is 2.34. The second-order valence-electron chi connectivity index (χ2n) is 3.18. The molecule has 1 heterocycles. The molecule has 0 saturated heterocycles. The summed E-state index contributed by atoms with van der Waals surface area (Å²) in [6.07, 6.45) is 0. The number of carboxylic acids is 1. The number of aliphatic carboxylic acids is 1. The molecule has 1 aromatic rings. The number of thiophene rings is 1. The molecule has 0 spiro atoms. The fraction of sp³-hybridized carbons (Fsp3) is 0.444. The van der Waals surface area contributed by atoms with E-state index in [-0.39, 0.29) is 6.54 Å². The zero-order valence-corrected chi connectivity index (χ0v) is 10.5. The number of aryl methyl sites for hydroxylation is 1. The summed E-state index contributed by atoms with van der Waals surface area (Å²) in [6, 6.07) is 2.04. The number of nitrogens with zero attached hydrogens (tertiary/aromatic N) is 1. The van der Waals surface area contributed by atoms with E-state index in [2.05, 4.69) is 15.9 Å². The first-order chi connectivity index (χ1) is 6.49. The first kappa shape index (κ1) is 11.7. The lowest BCUT2D eigenvalue weighted by Crippen LogP contribution is -2.24. The molecule has 78 valence electrons. The maximum Gasteiger partial charge on any atom is 0.317 e. The highest BCUT2D eigenvalue weighted by Gasteiger charge is 2.08.